The predicted octanol–water partition coefficient (Wildman–Crippen LogP) is 4.60. The highest BCUT2D eigenvalue weighted by atomic mass is 127. The summed E-state index contributed by atoms with van der Waals surface area (Å²) in [7, 11) is -3.79. The van der Waals surface area contributed by atoms with Crippen LogP contribution in [0, 0.1) is 21.0 Å². The fourth-order valence-corrected chi connectivity index (χ4v) is 2.92. The summed E-state index contributed by atoms with van der Waals surface area (Å²) in [4.78, 5) is 0. The number of hydrogen-bond acceptors (Lipinski definition) is 3. The lowest BCUT2D eigenvalue weighted by molar-refractivity contribution is 0.512. The van der Waals surface area contributed by atoms with Crippen molar-refractivity contribution in [3.05, 3.63) is 51.4 Å². The van der Waals surface area contributed by atoms with Gasteiger partial charge in [-0.3, -0.25) is 4.72 Å². The first kappa shape index (κ1) is 18.8. The van der Waals surface area contributed by atoms with E-state index in [4.69, 9.17) is 0 Å². The molecule has 0 atom stereocenters. The Labute approximate surface area is 151 Å². The zero-order valence-corrected chi connectivity index (χ0v) is 15.7. The van der Waals surface area contributed by atoms with Crippen LogP contribution in [0.2, 0.25) is 0 Å². The molecule has 0 saturated carbocycles. The quantitative estimate of drug-likeness (QED) is 0.629. The zero-order chi connectivity index (χ0) is 18.1. The minimum atomic E-state index is -3.79. The van der Waals surface area contributed by atoms with Gasteiger partial charge in [0.25, 0.3) is 0 Å². The monoisotopic (exact) mass is 470 g/mol. The Morgan fingerprint density at radius 3 is 2.21 bits per heavy atom. The number of sulfonamides is 1. The van der Waals surface area contributed by atoms with Gasteiger partial charge in [0.2, 0.25) is 10.0 Å². The minimum Gasteiger partial charge on any atom is -0.349 e. The number of nitrogens with one attached hydrogen (secondary N) is 2. The molecular formula is C15H14F3IN2O2S. The minimum absolute atomic E-state index is 0.107. The van der Waals surface area contributed by atoms with E-state index in [9.17, 15) is 21.6 Å². The molecule has 0 saturated heterocycles. The molecule has 0 aliphatic rings. The molecule has 0 aromatic heterocycles. The molecule has 0 amide bonds. The van der Waals surface area contributed by atoms with Gasteiger partial charge < -0.3 is 5.32 Å². The molecule has 0 bridgehead atoms. The lowest BCUT2D eigenvalue weighted by Crippen LogP contribution is -2.23. The third kappa shape index (κ3) is 4.12. The van der Waals surface area contributed by atoms with Crippen LogP contribution in [0.25, 0.3) is 0 Å². The lowest BCUT2D eigenvalue weighted by Gasteiger charge is -2.17. The van der Waals surface area contributed by atoms with Crippen molar-refractivity contribution >= 4 is 49.7 Å². The second-order valence-electron chi connectivity index (χ2n) is 5.23. The molecule has 0 fully saturated rings. The van der Waals surface area contributed by atoms with E-state index in [0.717, 1.165) is 12.1 Å². The van der Waals surface area contributed by atoms with Gasteiger partial charge in [0.15, 0.2) is 11.6 Å². The van der Waals surface area contributed by atoms with E-state index in [1.807, 2.05) is 22.6 Å². The molecular weight excluding hydrogens is 456 g/mol. The fraction of sp³-hybridized carbons (Fsp3) is 0.200. The summed E-state index contributed by atoms with van der Waals surface area (Å²) < 4.78 is 68.4. The molecule has 0 radical (unpaired) electrons. The summed E-state index contributed by atoms with van der Waals surface area (Å²) in [5.41, 5.74) is -0.801. The van der Waals surface area contributed by atoms with Gasteiger partial charge in [-0.2, -0.15) is 0 Å². The maximum Gasteiger partial charge on any atom is 0.235 e. The van der Waals surface area contributed by atoms with E-state index >= 15 is 0 Å². The standard InChI is InChI=1S/C15H14F3IN2O2S/c1-8(2)24(22,23)21-13-6-4-10(16)14(18)15(13)20-12-5-3-9(19)7-11(12)17/h3-8,20-21H,1-2H3. The number of halogens is 4. The van der Waals surface area contributed by atoms with Gasteiger partial charge in [0.1, 0.15) is 11.5 Å². The maximum atomic E-state index is 14.1. The van der Waals surface area contributed by atoms with Gasteiger partial charge in [0.05, 0.1) is 16.6 Å². The van der Waals surface area contributed by atoms with Crippen LogP contribution in [-0.2, 0) is 10.0 Å². The highest BCUT2D eigenvalue weighted by molar-refractivity contribution is 14.1. The first-order chi connectivity index (χ1) is 11.1. The third-order valence-electron chi connectivity index (χ3n) is 3.16. The first-order valence-electron chi connectivity index (χ1n) is 6.83. The summed E-state index contributed by atoms with van der Waals surface area (Å²) >= 11 is 1.90. The fourth-order valence-electron chi connectivity index (χ4n) is 1.75. The average Bonchev–Trinajstić information content (AvgIpc) is 2.48. The Kier molecular flexibility index (Phi) is 5.63. The molecule has 4 nitrogen and oxygen atoms in total. The predicted molar refractivity (Wildman–Crippen MR) is 96.4 cm³/mol. The Morgan fingerprint density at radius 1 is 1.00 bits per heavy atom. The Balaban J connectivity index is 2.49. The van der Waals surface area contributed by atoms with Crippen molar-refractivity contribution in [2.75, 3.05) is 10.0 Å². The largest absolute Gasteiger partial charge is 0.349 e. The van der Waals surface area contributed by atoms with Crippen LogP contribution in [0.5, 0.6) is 0 Å². The molecule has 0 spiro atoms. The van der Waals surface area contributed by atoms with Crippen LogP contribution in [0.4, 0.5) is 30.2 Å². The highest BCUT2D eigenvalue weighted by Gasteiger charge is 2.21. The molecule has 2 N–H and O–H groups in total. The van der Waals surface area contributed by atoms with E-state index in [1.54, 1.807) is 6.07 Å². The zero-order valence-electron chi connectivity index (χ0n) is 12.7. The van der Waals surface area contributed by atoms with Gasteiger partial charge in [-0.15, -0.1) is 0 Å². The van der Waals surface area contributed by atoms with Gasteiger partial charge in [-0.25, -0.2) is 21.6 Å². The Hall–Kier alpha value is -1.49. The third-order valence-corrected chi connectivity index (χ3v) is 5.58. The van der Waals surface area contributed by atoms with Crippen molar-refractivity contribution in [3.63, 3.8) is 0 Å². The summed E-state index contributed by atoms with van der Waals surface area (Å²) in [5, 5.41) is 1.63. The number of rotatable bonds is 5. The van der Waals surface area contributed by atoms with E-state index in [0.29, 0.717) is 3.57 Å². The first-order valence-corrected chi connectivity index (χ1v) is 9.46. The van der Waals surface area contributed by atoms with Crippen LogP contribution in [0.1, 0.15) is 13.8 Å². The second-order valence-corrected chi connectivity index (χ2v) is 8.71. The molecule has 24 heavy (non-hydrogen) atoms. The van der Waals surface area contributed by atoms with Gasteiger partial charge in [0, 0.05) is 3.57 Å². The van der Waals surface area contributed by atoms with E-state index in [-0.39, 0.29) is 11.4 Å². The molecule has 2 aromatic carbocycles. The van der Waals surface area contributed by atoms with Crippen LogP contribution in [0.3, 0.4) is 0 Å². The summed E-state index contributed by atoms with van der Waals surface area (Å²) in [6, 6.07) is 6.00. The topological polar surface area (TPSA) is 58.2 Å². The van der Waals surface area contributed by atoms with E-state index in [2.05, 4.69) is 10.0 Å². The van der Waals surface area contributed by atoms with Crippen molar-refractivity contribution in [2.24, 2.45) is 0 Å². The van der Waals surface area contributed by atoms with Gasteiger partial charge in [-0.1, -0.05) is 0 Å². The molecule has 9 heteroatoms. The smallest absolute Gasteiger partial charge is 0.235 e. The summed E-state index contributed by atoms with van der Waals surface area (Å²) in [5.74, 6) is -3.17. The number of benzene rings is 2. The van der Waals surface area contributed by atoms with Crippen LogP contribution in [0.15, 0.2) is 30.3 Å². The van der Waals surface area contributed by atoms with Crippen molar-refractivity contribution in [1.82, 2.24) is 0 Å². The van der Waals surface area contributed by atoms with E-state index < -0.39 is 38.4 Å². The Morgan fingerprint density at radius 2 is 1.62 bits per heavy atom. The van der Waals surface area contributed by atoms with Crippen LogP contribution < -0.4 is 10.0 Å². The Bertz CT molecular complexity index is 873. The highest BCUT2D eigenvalue weighted by Crippen LogP contribution is 2.32. The SMILES string of the molecule is CC(C)S(=O)(=O)Nc1ccc(F)c(F)c1Nc1ccc(I)cc1F. The molecule has 130 valence electrons. The van der Waals surface area contributed by atoms with Crippen molar-refractivity contribution in [2.45, 2.75) is 19.1 Å². The van der Waals surface area contributed by atoms with Crippen molar-refractivity contribution in [3.8, 4) is 0 Å². The molecule has 2 aromatic rings. The lowest BCUT2D eigenvalue weighted by atomic mass is 10.2. The van der Waals surface area contributed by atoms with Crippen LogP contribution >= 0.6 is 22.6 Å². The van der Waals surface area contributed by atoms with Gasteiger partial charge in [-0.05, 0) is 66.8 Å². The number of anilines is 3. The van der Waals surface area contributed by atoms with Crippen LogP contribution in [-0.4, -0.2) is 13.7 Å². The van der Waals surface area contributed by atoms with Gasteiger partial charge >= 0.3 is 0 Å². The molecule has 0 aliphatic heterocycles. The molecule has 0 aliphatic carbocycles. The maximum absolute atomic E-state index is 14.1. The molecule has 0 heterocycles. The van der Waals surface area contributed by atoms with E-state index in [1.165, 1.54) is 26.0 Å². The average molecular weight is 470 g/mol. The number of hydrogen-bond donors (Lipinski definition) is 2. The normalized spacial score (nSPS) is 11.6. The molecule has 0 unspecified atom stereocenters. The van der Waals surface area contributed by atoms with Crippen molar-refractivity contribution in [1.29, 1.82) is 0 Å². The summed E-state index contributed by atoms with van der Waals surface area (Å²) in [6.45, 7) is 2.88. The molecule has 2 rings (SSSR count). The summed E-state index contributed by atoms with van der Waals surface area (Å²) in [6.07, 6.45) is 0. The second kappa shape index (κ2) is 7.18. The van der Waals surface area contributed by atoms with Crippen molar-refractivity contribution < 1.29 is 21.6 Å².